The predicted molar refractivity (Wildman–Crippen MR) is 150 cm³/mol. The zero-order valence-corrected chi connectivity index (χ0v) is 21.3. The van der Waals surface area contributed by atoms with Crippen molar-refractivity contribution in [1.82, 2.24) is 0 Å². The van der Waals surface area contributed by atoms with Crippen LogP contribution >= 0.6 is 23.3 Å². The Morgan fingerprint density at radius 1 is 0.395 bits per heavy atom. The molecule has 10 heteroatoms. The van der Waals surface area contributed by atoms with E-state index in [-0.39, 0.29) is 22.3 Å². The minimum atomic E-state index is -1.01. The summed E-state index contributed by atoms with van der Waals surface area (Å²) < 4.78 is 0. The van der Waals surface area contributed by atoms with Crippen molar-refractivity contribution in [2.24, 2.45) is 0 Å². The van der Waals surface area contributed by atoms with Gasteiger partial charge in [0.15, 0.2) is 0 Å². The van der Waals surface area contributed by atoms with Crippen LogP contribution in [0.2, 0.25) is 0 Å². The number of carboxylic acids is 4. The van der Waals surface area contributed by atoms with Crippen molar-refractivity contribution in [1.29, 1.82) is 0 Å². The lowest BCUT2D eigenvalue weighted by molar-refractivity contribution is 0.0686. The first-order chi connectivity index (χ1) is 18.2. The molecule has 4 aromatic rings. The number of carboxylic acid groups (broad SMARTS) is 4. The first-order valence-corrected chi connectivity index (χ1v) is 12.3. The van der Waals surface area contributed by atoms with Crippen LogP contribution in [0.15, 0.2) is 97.1 Å². The van der Waals surface area contributed by atoms with Crippen LogP contribution in [-0.4, -0.2) is 44.3 Å². The van der Waals surface area contributed by atoms with Crippen molar-refractivity contribution < 1.29 is 39.6 Å². The van der Waals surface area contributed by atoms with Crippen molar-refractivity contribution in [3.8, 4) is 22.3 Å². The van der Waals surface area contributed by atoms with Gasteiger partial charge in [0.05, 0.1) is 22.3 Å². The third kappa shape index (κ3) is 8.26. The molecule has 8 nitrogen and oxygen atoms in total. The largest absolute Gasteiger partial charge is 0.478 e. The zero-order chi connectivity index (χ0) is 28.2. The molecule has 0 amide bonds. The normalized spacial score (nSPS) is 9.63. The highest BCUT2D eigenvalue weighted by Gasteiger charge is 2.09. The van der Waals surface area contributed by atoms with Crippen LogP contribution in [0.4, 0.5) is 0 Å². The van der Waals surface area contributed by atoms with E-state index in [4.69, 9.17) is 20.4 Å². The summed E-state index contributed by atoms with van der Waals surface area (Å²) in [6.45, 7) is 0. The van der Waals surface area contributed by atoms with Gasteiger partial charge >= 0.3 is 23.9 Å². The minimum Gasteiger partial charge on any atom is -0.478 e. The minimum absolute atomic E-state index is 0.174. The number of rotatable bonds is 6. The summed E-state index contributed by atoms with van der Waals surface area (Å²) in [6, 6.07) is 25.5. The molecule has 4 rings (SSSR count). The van der Waals surface area contributed by atoms with E-state index in [1.54, 1.807) is 48.5 Å². The maximum absolute atomic E-state index is 10.9. The molecule has 0 bridgehead atoms. The van der Waals surface area contributed by atoms with Gasteiger partial charge in [0, 0.05) is 0 Å². The van der Waals surface area contributed by atoms with Crippen LogP contribution in [0.5, 0.6) is 0 Å². The van der Waals surface area contributed by atoms with E-state index in [1.807, 2.05) is 0 Å². The summed E-state index contributed by atoms with van der Waals surface area (Å²) in [4.78, 5) is 43.5. The number of hydrogen-bond donors (Lipinski definition) is 6. The van der Waals surface area contributed by atoms with Crippen molar-refractivity contribution >= 4 is 47.2 Å². The fraction of sp³-hybridized carbons (Fsp3) is 0. The summed E-state index contributed by atoms with van der Waals surface area (Å²) in [5, 5.41) is 35.6. The lowest BCUT2D eigenvalue weighted by atomic mass is 10.0. The third-order valence-electron chi connectivity index (χ3n) is 5.10. The van der Waals surface area contributed by atoms with Crippen molar-refractivity contribution in [3.05, 3.63) is 119 Å². The summed E-state index contributed by atoms with van der Waals surface area (Å²) in [7, 11) is 0. The van der Waals surface area contributed by atoms with Gasteiger partial charge in [0.2, 0.25) is 0 Å². The average molecular weight is 551 g/mol. The second-order valence-corrected chi connectivity index (χ2v) is 7.54. The van der Waals surface area contributed by atoms with E-state index in [9.17, 15) is 19.2 Å². The van der Waals surface area contributed by atoms with Crippen LogP contribution in [0.1, 0.15) is 41.4 Å². The van der Waals surface area contributed by atoms with E-state index in [1.165, 1.54) is 48.5 Å². The van der Waals surface area contributed by atoms with Crippen molar-refractivity contribution in [2.45, 2.75) is 0 Å². The smallest absolute Gasteiger partial charge is 0.335 e. The first kappa shape index (κ1) is 29.7. The predicted octanol–water partition coefficient (Wildman–Crippen LogP) is 6.26. The number of benzene rings is 4. The van der Waals surface area contributed by atoms with Gasteiger partial charge in [-0.3, -0.25) is 0 Å². The molecular weight excluding hydrogens is 528 g/mol. The Labute approximate surface area is 228 Å². The molecule has 0 fully saturated rings. The first-order valence-electron chi connectivity index (χ1n) is 10.7. The third-order valence-corrected chi connectivity index (χ3v) is 5.10. The van der Waals surface area contributed by atoms with E-state index in [2.05, 4.69) is 23.3 Å². The van der Waals surface area contributed by atoms with E-state index < -0.39 is 23.9 Å². The van der Waals surface area contributed by atoms with E-state index >= 15 is 0 Å². The lowest BCUT2D eigenvalue weighted by Gasteiger charge is -2.04. The van der Waals surface area contributed by atoms with Gasteiger partial charge < -0.3 is 20.4 Å². The number of aromatic carboxylic acids is 4. The Morgan fingerprint density at radius 2 is 0.579 bits per heavy atom. The Kier molecular flexibility index (Phi) is 11.1. The second-order valence-electron chi connectivity index (χ2n) is 7.54. The highest BCUT2D eigenvalue weighted by molar-refractivity contribution is 8.59. The summed E-state index contributed by atoms with van der Waals surface area (Å²) in [5.41, 5.74) is 3.41. The van der Waals surface area contributed by atoms with E-state index in [0.717, 1.165) is 0 Å². The summed E-state index contributed by atoms with van der Waals surface area (Å²) in [6.07, 6.45) is 0. The fourth-order valence-corrected chi connectivity index (χ4v) is 3.33. The number of thiol groups is 2. The molecule has 0 aromatic heterocycles. The number of carbonyl (C=O) groups is 4. The second kappa shape index (κ2) is 14.3. The molecule has 0 spiro atoms. The van der Waals surface area contributed by atoms with Gasteiger partial charge in [-0.2, -0.15) is 0 Å². The molecule has 0 unspecified atom stereocenters. The van der Waals surface area contributed by atoms with Gasteiger partial charge in [-0.25, -0.2) is 19.2 Å². The molecule has 0 atom stereocenters. The van der Waals surface area contributed by atoms with Crippen molar-refractivity contribution in [2.75, 3.05) is 0 Å². The average Bonchev–Trinajstić information content (AvgIpc) is 2.94. The van der Waals surface area contributed by atoms with Gasteiger partial charge in [0.1, 0.15) is 0 Å². The van der Waals surface area contributed by atoms with Crippen molar-refractivity contribution in [3.63, 3.8) is 0 Å². The van der Waals surface area contributed by atoms with Gasteiger partial charge in [0.25, 0.3) is 0 Å². The Balaban J connectivity index is 0.000000251. The fourth-order valence-electron chi connectivity index (χ4n) is 3.33. The van der Waals surface area contributed by atoms with E-state index in [0.29, 0.717) is 22.3 Å². The molecule has 4 N–H and O–H groups in total. The topological polar surface area (TPSA) is 149 Å². The zero-order valence-electron chi connectivity index (χ0n) is 19.6. The molecule has 0 aliphatic rings. The quantitative estimate of drug-likeness (QED) is 0.122. The van der Waals surface area contributed by atoms with Crippen LogP contribution in [-0.2, 0) is 0 Å². The molecule has 38 heavy (non-hydrogen) atoms. The Bertz CT molecular complexity index is 1240. The molecule has 0 heterocycles. The van der Waals surface area contributed by atoms with Gasteiger partial charge in [-0.05, 0) is 70.8 Å². The molecule has 0 radical (unpaired) electrons. The van der Waals surface area contributed by atoms with Crippen LogP contribution in [0.3, 0.4) is 0 Å². The summed E-state index contributed by atoms with van der Waals surface area (Å²) >= 11 is 6.44. The standard InChI is InChI=1S/2C14H10O4.H2S2/c2*15-13(16)11-5-1-3-9(7-11)10-4-2-6-12(8-10)14(17)18;1-2/h2*1-8H,(H,15,16)(H,17,18);1-2H. The van der Waals surface area contributed by atoms with Gasteiger partial charge in [-0.15, -0.1) is 23.3 Å². The lowest BCUT2D eigenvalue weighted by Crippen LogP contribution is -1.97. The van der Waals surface area contributed by atoms with Crippen LogP contribution < -0.4 is 0 Å². The molecule has 0 saturated carbocycles. The Hall–Kier alpha value is -4.54. The molecule has 194 valence electrons. The van der Waals surface area contributed by atoms with Gasteiger partial charge in [-0.1, -0.05) is 48.5 Å². The molecule has 4 aromatic carbocycles. The molecular formula is C28H22O8S2. The highest BCUT2D eigenvalue weighted by atomic mass is 33.1. The summed E-state index contributed by atoms with van der Waals surface area (Å²) in [5.74, 6) is -4.03. The monoisotopic (exact) mass is 550 g/mol. The molecule has 0 aliphatic heterocycles. The molecule has 0 aliphatic carbocycles. The Morgan fingerprint density at radius 3 is 0.737 bits per heavy atom. The molecule has 0 saturated heterocycles. The maximum Gasteiger partial charge on any atom is 0.335 e. The number of hydrogen-bond acceptors (Lipinski definition) is 6. The maximum atomic E-state index is 10.9. The van der Waals surface area contributed by atoms with Crippen LogP contribution in [0.25, 0.3) is 22.3 Å². The highest BCUT2D eigenvalue weighted by Crippen LogP contribution is 2.23. The van der Waals surface area contributed by atoms with Crippen LogP contribution in [0, 0.1) is 0 Å². The SMILES string of the molecule is O=C(O)c1cccc(-c2cccc(C(=O)O)c2)c1.O=C(O)c1cccc(-c2cccc(C(=O)O)c2)c1.SS.